The van der Waals surface area contributed by atoms with Crippen LogP contribution >= 0.6 is 11.3 Å². The van der Waals surface area contributed by atoms with Gasteiger partial charge in [-0.15, -0.1) is 13.2 Å². The van der Waals surface area contributed by atoms with E-state index in [1.807, 2.05) is 5.38 Å². The molecule has 0 aliphatic heterocycles. The third-order valence-corrected chi connectivity index (χ3v) is 3.77. The fourth-order valence-corrected chi connectivity index (χ4v) is 2.62. The van der Waals surface area contributed by atoms with Crippen molar-refractivity contribution >= 4 is 17.2 Å². The van der Waals surface area contributed by atoms with Crippen LogP contribution in [0.4, 0.5) is 13.2 Å². The van der Waals surface area contributed by atoms with Crippen molar-refractivity contribution in [3.8, 4) is 5.75 Å². The molecule has 1 amide bonds. The Hall–Kier alpha value is -2.06. The van der Waals surface area contributed by atoms with Crippen molar-refractivity contribution in [2.24, 2.45) is 0 Å². The fourth-order valence-electron chi connectivity index (χ4n) is 1.84. The van der Waals surface area contributed by atoms with Gasteiger partial charge in [0.2, 0.25) is 0 Å². The molecular formula is C15H14F3NO3S. The van der Waals surface area contributed by atoms with Crippen molar-refractivity contribution in [2.45, 2.75) is 18.9 Å². The van der Waals surface area contributed by atoms with E-state index in [4.69, 9.17) is 0 Å². The molecule has 1 atom stereocenters. The number of aliphatic hydroxyl groups is 1. The van der Waals surface area contributed by atoms with E-state index in [0.29, 0.717) is 5.56 Å². The number of nitrogens with one attached hydrogen (secondary N) is 1. The van der Waals surface area contributed by atoms with Crippen molar-refractivity contribution < 1.29 is 27.8 Å². The number of rotatable bonds is 5. The number of ether oxygens (including phenoxy) is 1. The van der Waals surface area contributed by atoms with E-state index < -0.39 is 23.6 Å². The van der Waals surface area contributed by atoms with Crippen LogP contribution in [0.3, 0.4) is 0 Å². The molecule has 1 aromatic carbocycles. The van der Waals surface area contributed by atoms with Gasteiger partial charge in [-0.3, -0.25) is 4.79 Å². The van der Waals surface area contributed by atoms with Crippen LogP contribution in [0.15, 0.2) is 41.1 Å². The molecule has 0 fully saturated rings. The van der Waals surface area contributed by atoms with E-state index in [-0.39, 0.29) is 12.1 Å². The average molecular weight is 345 g/mol. The summed E-state index contributed by atoms with van der Waals surface area (Å²) >= 11 is 1.42. The smallest absolute Gasteiger partial charge is 0.406 e. The number of amides is 1. The molecule has 0 bridgehead atoms. The zero-order chi connectivity index (χ0) is 17.1. The SMILES string of the molecule is CC(O)(CNC(=O)c1ccc(OC(F)(F)F)cc1)c1ccsc1. The summed E-state index contributed by atoms with van der Waals surface area (Å²) in [6.45, 7) is 1.54. The maximum Gasteiger partial charge on any atom is 0.573 e. The Balaban J connectivity index is 1.96. The summed E-state index contributed by atoms with van der Waals surface area (Å²) in [5, 5.41) is 16.4. The van der Waals surface area contributed by atoms with E-state index in [1.165, 1.54) is 23.5 Å². The van der Waals surface area contributed by atoms with Crippen molar-refractivity contribution in [1.82, 2.24) is 5.32 Å². The van der Waals surface area contributed by atoms with E-state index in [9.17, 15) is 23.1 Å². The summed E-state index contributed by atoms with van der Waals surface area (Å²) < 4.78 is 39.9. The lowest BCUT2D eigenvalue weighted by atomic mass is 9.99. The van der Waals surface area contributed by atoms with Crippen molar-refractivity contribution in [3.63, 3.8) is 0 Å². The lowest BCUT2D eigenvalue weighted by Gasteiger charge is -2.22. The van der Waals surface area contributed by atoms with Crippen molar-refractivity contribution in [2.75, 3.05) is 6.54 Å². The molecule has 2 rings (SSSR count). The summed E-state index contributed by atoms with van der Waals surface area (Å²) in [5.41, 5.74) is -0.382. The van der Waals surface area contributed by atoms with Gasteiger partial charge in [-0.2, -0.15) is 11.3 Å². The zero-order valence-corrected chi connectivity index (χ0v) is 12.9. The van der Waals surface area contributed by atoms with Gasteiger partial charge in [-0.05, 0) is 53.6 Å². The molecule has 0 radical (unpaired) electrons. The Labute approximate surface area is 134 Å². The maximum atomic E-state index is 12.1. The highest BCUT2D eigenvalue weighted by atomic mass is 32.1. The highest BCUT2D eigenvalue weighted by molar-refractivity contribution is 7.08. The second kappa shape index (κ2) is 6.59. The second-order valence-electron chi connectivity index (χ2n) is 5.04. The topological polar surface area (TPSA) is 58.6 Å². The maximum absolute atomic E-state index is 12.1. The lowest BCUT2D eigenvalue weighted by molar-refractivity contribution is -0.274. The van der Waals surface area contributed by atoms with E-state index in [1.54, 1.807) is 18.4 Å². The van der Waals surface area contributed by atoms with Crippen LogP contribution in [0.5, 0.6) is 5.75 Å². The van der Waals surface area contributed by atoms with Gasteiger partial charge in [0.15, 0.2) is 0 Å². The van der Waals surface area contributed by atoms with Gasteiger partial charge in [-0.25, -0.2) is 0 Å². The zero-order valence-electron chi connectivity index (χ0n) is 12.1. The van der Waals surface area contributed by atoms with E-state index in [2.05, 4.69) is 10.1 Å². The molecule has 0 saturated heterocycles. The first-order chi connectivity index (χ1) is 10.7. The van der Waals surface area contributed by atoms with E-state index in [0.717, 1.165) is 12.1 Å². The molecular weight excluding hydrogens is 331 g/mol. The van der Waals surface area contributed by atoms with Crippen molar-refractivity contribution in [3.05, 3.63) is 52.2 Å². The molecule has 0 aliphatic rings. The minimum Gasteiger partial charge on any atom is -0.406 e. The molecule has 1 aromatic heterocycles. The molecule has 2 N–H and O–H groups in total. The van der Waals surface area contributed by atoms with Gasteiger partial charge < -0.3 is 15.2 Å². The first-order valence-corrected chi connectivity index (χ1v) is 7.51. The van der Waals surface area contributed by atoms with Crippen LogP contribution in [0.1, 0.15) is 22.8 Å². The molecule has 0 saturated carbocycles. The average Bonchev–Trinajstić information content (AvgIpc) is 2.99. The quantitative estimate of drug-likeness (QED) is 0.874. The van der Waals surface area contributed by atoms with Crippen LogP contribution < -0.4 is 10.1 Å². The van der Waals surface area contributed by atoms with Crippen LogP contribution in [0, 0.1) is 0 Å². The Morgan fingerprint density at radius 1 is 1.26 bits per heavy atom. The first-order valence-electron chi connectivity index (χ1n) is 6.56. The number of carbonyl (C=O) groups excluding carboxylic acids is 1. The molecule has 8 heteroatoms. The largest absolute Gasteiger partial charge is 0.573 e. The Kier molecular flexibility index (Phi) is 4.96. The summed E-state index contributed by atoms with van der Waals surface area (Å²) in [5.74, 6) is -0.904. The fraction of sp³-hybridized carbons (Fsp3) is 0.267. The van der Waals surface area contributed by atoms with Crippen molar-refractivity contribution in [1.29, 1.82) is 0 Å². The molecule has 0 aliphatic carbocycles. The Morgan fingerprint density at radius 3 is 2.43 bits per heavy atom. The summed E-state index contributed by atoms with van der Waals surface area (Å²) in [7, 11) is 0. The molecule has 0 spiro atoms. The predicted octanol–water partition coefficient (Wildman–Crippen LogP) is 3.28. The van der Waals surface area contributed by atoms with Gasteiger partial charge in [0.1, 0.15) is 11.4 Å². The standard InChI is InChI=1S/C15H14F3NO3S/c1-14(21,11-6-7-23-8-11)9-19-13(20)10-2-4-12(5-3-10)22-15(16,17)18/h2-8,21H,9H2,1H3,(H,19,20). The summed E-state index contributed by atoms with van der Waals surface area (Å²) in [4.78, 5) is 12.0. The number of halogens is 3. The summed E-state index contributed by atoms with van der Waals surface area (Å²) in [6, 6.07) is 6.30. The normalized spacial score (nSPS) is 14.1. The van der Waals surface area contributed by atoms with Crippen LogP contribution in [0.2, 0.25) is 0 Å². The highest BCUT2D eigenvalue weighted by Crippen LogP contribution is 2.24. The van der Waals surface area contributed by atoms with Gasteiger partial charge in [0, 0.05) is 5.56 Å². The second-order valence-corrected chi connectivity index (χ2v) is 5.82. The van der Waals surface area contributed by atoms with Gasteiger partial charge in [0.25, 0.3) is 5.91 Å². The highest BCUT2D eigenvalue weighted by Gasteiger charge is 2.31. The Morgan fingerprint density at radius 2 is 1.91 bits per heavy atom. The Bertz CT molecular complexity index is 652. The van der Waals surface area contributed by atoms with Gasteiger partial charge >= 0.3 is 6.36 Å². The minimum atomic E-state index is -4.77. The van der Waals surface area contributed by atoms with E-state index >= 15 is 0 Å². The third-order valence-electron chi connectivity index (χ3n) is 3.09. The third kappa shape index (κ3) is 4.97. The summed E-state index contributed by atoms with van der Waals surface area (Å²) in [6.07, 6.45) is -4.77. The molecule has 124 valence electrons. The van der Waals surface area contributed by atoms with Gasteiger partial charge in [0.05, 0.1) is 6.54 Å². The lowest BCUT2D eigenvalue weighted by Crippen LogP contribution is -2.38. The number of carbonyl (C=O) groups is 1. The molecule has 1 heterocycles. The molecule has 4 nitrogen and oxygen atoms in total. The number of hydrogen-bond donors (Lipinski definition) is 2. The number of hydrogen-bond acceptors (Lipinski definition) is 4. The molecule has 23 heavy (non-hydrogen) atoms. The molecule has 1 unspecified atom stereocenters. The first kappa shape index (κ1) is 17.3. The molecule has 2 aromatic rings. The number of alkyl halides is 3. The van der Waals surface area contributed by atoms with Gasteiger partial charge in [-0.1, -0.05) is 0 Å². The number of thiophene rings is 1. The van der Waals surface area contributed by atoms with Crippen LogP contribution in [0.25, 0.3) is 0 Å². The monoisotopic (exact) mass is 345 g/mol. The number of benzene rings is 1. The predicted molar refractivity (Wildman–Crippen MR) is 79.3 cm³/mol. The minimum absolute atomic E-state index is 0.0244. The van der Waals surface area contributed by atoms with Crippen LogP contribution in [-0.4, -0.2) is 23.9 Å². The van der Waals surface area contributed by atoms with Crippen LogP contribution in [-0.2, 0) is 5.60 Å².